The zero-order valence-electron chi connectivity index (χ0n) is 21.4. The molecule has 0 aliphatic carbocycles. The lowest BCUT2D eigenvalue weighted by Gasteiger charge is -2.12. The average Bonchev–Trinajstić information content (AvgIpc) is 3.51. The minimum Gasteiger partial charge on any atom is -0.462 e. The van der Waals surface area contributed by atoms with Gasteiger partial charge in [-0.25, -0.2) is 14.6 Å². The topological polar surface area (TPSA) is 98.4 Å². The van der Waals surface area contributed by atoms with Gasteiger partial charge in [0.05, 0.1) is 34.9 Å². The molecule has 0 spiro atoms. The minimum absolute atomic E-state index is 0.184. The summed E-state index contributed by atoms with van der Waals surface area (Å²) in [6, 6.07) is 17.4. The highest BCUT2D eigenvalue weighted by Crippen LogP contribution is 2.35. The van der Waals surface area contributed by atoms with Crippen molar-refractivity contribution in [1.82, 2.24) is 4.90 Å². The van der Waals surface area contributed by atoms with Crippen LogP contribution in [-0.4, -0.2) is 47.7 Å². The second-order valence-corrected chi connectivity index (χ2v) is 9.25. The number of nitrogens with zero attached hydrogens (tertiary/aromatic N) is 2. The summed E-state index contributed by atoms with van der Waals surface area (Å²) in [7, 11) is 0. The number of esters is 2. The summed E-state index contributed by atoms with van der Waals surface area (Å²) >= 11 is 1.23. The fraction of sp³-hybridized carbons (Fsp3) is 0.241. The quantitative estimate of drug-likeness (QED) is 0.235. The third-order valence-corrected chi connectivity index (χ3v) is 6.51. The molecule has 1 aliphatic rings. The molecule has 0 bridgehead atoms. The van der Waals surface area contributed by atoms with Gasteiger partial charge >= 0.3 is 11.9 Å². The van der Waals surface area contributed by atoms with Crippen LogP contribution in [0, 0.1) is 0 Å². The van der Waals surface area contributed by atoms with Crippen LogP contribution in [0.5, 0.6) is 0 Å². The standard InChI is InChI=1S/C29H28N2O6S/c1-4-15-36-28(34)20-10-7-9-19(16-20)24-14-13-23(37-24)18-25-26(32)31(5-2)29(38-25)30-22-12-8-11-21(17-22)27(33)35-6-3/h7-14,16-18H,4-6,15H2,1-3H3. The molecule has 38 heavy (non-hydrogen) atoms. The molecule has 1 aliphatic heterocycles. The summed E-state index contributed by atoms with van der Waals surface area (Å²) in [4.78, 5) is 44.0. The highest BCUT2D eigenvalue weighted by atomic mass is 32.2. The number of hydrogen-bond acceptors (Lipinski definition) is 8. The van der Waals surface area contributed by atoms with Crippen molar-refractivity contribution in [3.63, 3.8) is 0 Å². The second kappa shape index (κ2) is 12.4. The fourth-order valence-corrected chi connectivity index (χ4v) is 4.73. The Morgan fingerprint density at radius 2 is 1.71 bits per heavy atom. The number of aliphatic imine (C=N–C) groups is 1. The monoisotopic (exact) mass is 532 g/mol. The van der Waals surface area contributed by atoms with E-state index in [-0.39, 0.29) is 18.5 Å². The van der Waals surface area contributed by atoms with E-state index in [1.54, 1.807) is 72.5 Å². The first-order valence-electron chi connectivity index (χ1n) is 12.4. The molecule has 2 heterocycles. The first kappa shape index (κ1) is 26.9. The number of ether oxygens (including phenoxy) is 2. The van der Waals surface area contributed by atoms with Gasteiger partial charge in [-0.1, -0.05) is 25.1 Å². The SMILES string of the molecule is CCCOC(=O)c1cccc(-c2ccc(C=C3SC(=Nc4cccc(C(=O)OCC)c4)N(CC)C3=O)o2)c1. The molecule has 1 saturated heterocycles. The smallest absolute Gasteiger partial charge is 0.338 e. The van der Waals surface area contributed by atoms with Gasteiger partial charge in [-0.3, -0.25) is 9.69 Å². The van der Waals surface area contributed by atoms with E-state index in [0.717, 1.165) is 12.0 Å². The van der Waals surface area contributed by atoms with Gasteiger partial charge in [-0.15, -0.1) is 0 Å². The van der Waals surface area contributed by atoms with Crippen LogP contribution in [0.2, 0.25) is 0 Å². The number of carbonyl (C=O) groups excluding carboxylic acids is 3. The number of carbonyl (C=O) groups is 3. The van der Waals surface area contributed by atoms with Crippen molar-refractivity contribution in [2.75, 3.05) is 19.8 Å². The summed E-state index contributed by atoms with van der Waals surface area (Å²) < 4.78 is 16.3. The van der Waals surface area contributed by atoms with E-state index in [4.69, 9.17) is 13.9 Å². The Morgan fingerprint density at radius 1 is 0.974 bits per heavy atom. The molecule has 9 heteroatoms. The molecule has 2 aromatic carbocycles. The maximum absolute atomic E-state index is 13.1. The lowest BCUT2D eigenvalue weighted by Crippen LogP contribution is -2.28. The first-order valence-corrected chi connectivity index (χ1v) is 13.2. The molecule has 1 amide bonds. The molecular formula is C29H28N2O6S. The van der Waals surface area contributed by atoms with Crippen LogP contribution in [0.4, 0.5) is 5.69 Å². The lowest BCUT2D eigenvalue weighted by molar-refractivity contribution is -0.122. The van der Waals surface area contributed by atoms with Gasteiger partial charge in [0.1, 0.15) is 11.5 Å². The van der Waals surface area contributed by atoms with Crippen molar-refractivity contribution < 1.29 is 28.3 Å². The predicted octanol–water partition coefficient (Wildman–Crippen LogP) is 6.31. The Morgan fingerprint density at radius 3 is 2.45 bits per heavy atom. The van der Waals surface area contributed by atoms with Crippen molar-refractivity contribution >= 4 is 46.5 Å². The number of thioether (sulfide) groups is 1. The van der Waals surface area contributed by atoms with E-state index in [1.165, 1.54) is 11.8 Å². The molecule has 0 N–H and O–H groups in total. The summed E-state index contributed by atoms with van der Waals surface area (Å²) in [5.41, 5.74) is 2.11. The van der Waals surface area contributed by atoms with Gasteiger partial charge in [-0.05, 0) is 74.5 Å². The molecule has 3 aromatic rings. The highest BCUT2D eigenvalue weighted by molar-refractivity contribution is 8.18. The molecular weight excluding hydrogens is 504 g/mol. The van der Waals surface area contributed by atoms with E-state index in [9.17, 15) is 14.4 Å². The second-order valence-electron chi connectivity index (χ2n) is 8.24. The van der Waals surface area contributed by atoms with E-state index < -0.39 is 5.97 Å². The minimum atomic E-state index is -0.422. The van der Waals surface area contributed by atoms with Gasteiger partial charge in [0.2, 0.25) is 0 Å². The Kier molecular flexibility index (Phi) is 8.81. The number of amidine groups is 1. The molecule has 0 unspecified atom stereocenters. The molecule has 4 rings (SSSR count). The van der Waals surface area contributed by atoms with Crippen molar-refractivity contribution in [2.45, 2.75) is 27.2 Å². The summed E-state index contributed by atoms with van der Waals surface area (Å²) in [6.07, 6.45) is 2.43. The van der Waals surface area contributed by atoms with Crippen LogP contribution in [-0.2, 0) is 14.3 Å². The zero-order valence-corrected chi connectivity index (χ0v) is 22.2. The molecule has 1 fully saturated rings. The van der Waals surface area contributed by atoms with E-state index in [1.807, 2.05) is 19.9 Å². The number of hydrogen-bond donors (Lipinski definition) is 0. The summed E-state index contributed by atoms with van der Waals surface area (Å²) in [5, 5.41) is 0.509. The largest absolute Gasteiger partial charge is 0.462 e. The number of amides is 1. The normalized spacial score (nSPS) is 15.3. The fourth-order valence-electron chi connectivity index (χ4n) is 3.69. The summed E-state index contributed by atoms with van der Waals surface area (Å²) in [5.74, 6) is 0.0757. The predicted molar refractivity (Wildman–Crippen MR) is 147 cm³/mol. The number of furan rings is 1. The maximum atomic E-state index is 13.1. The third-order valence-electron chi connectivity index (χ3n) is 5.51. The van der Waals surface area contributed by atoms with Gasteiger partial charge in [0.15, 0.2) is 5.17 Å². The number of benzene rings is 2. The molecule has 0 atom stereocenters. The first-order chi connectivity index (χ1) is 18.4. The zero-order chi connectivity index (χ0) is 27.1. The average molecular weight is 533 g/mol. The van der Waals surface area contributed by atoms with E-state index in [0.29, 0.717) is 51.6 Å². The van der Waals surface area contributed by atoms with Crippen molar-refractivity contribution in [3.05, 3.63) is 82.5 Å². The Hall–Kier alpha value is -4.11. The van der Waals surface area contributed by atoms with Crippen molar-refractivity contribution in [1.29, 1.82) is 0 Å². The van der Waals surface area contributed by atoms with Crippen molar-refractivity contribution in [2.24, 2.45) is 4.99 Å². The van der Waals surface area contributed by atoms with Gasteiger partial charge in [-0.2, -0.15) is 0 Å². The summed E-state index contributed by atoms with van der Waals surface area (Å²) in [6.45, 7) is 6.64. The Bertz CT molecular complexity index is 1410. The molecule has 8 nitrogen and oxygen atoms in total. The maximum Gasteiger partial charge on any atom is 0.338 e. The van der Waals surface area contributed by atoms with Crippen LogP contribution in [0.3, 0.4) is 0 Å². The third kappa shape index (κ3) is 6.23. The van der Waals surface area contributed by atoms with Gasteiger partial charge in [0, 0.05) is 18.2 Å². The Balaban J connectivity index is 1.55. The number of rotatable bonds is 9. The molecule has 1 aromatic heterocycles. The van der Waals surface area contributed by atoms with Gasteiger partial charge in [0.25, 0.3) is 5.91 Å². The van der Waals surface area contributed by atoms with Crippen LogP contribution in [0.1, 0.15) is 53.7 Å². The van der Waals surface area contributed by atoms with E-state index in [2.05, 4.69) is 4.99 Å². The van der Waals surface area contributed by atoms with Crippen molar-refractivity contribution in [3.8, 4) is 11.3 Å². The molecule has 0 saturated carbocycles. The highest BCUT2D eigenvalue weighted by Gasteiger charge is 2.32. The Labute approximate surface area is 225 Å². The van der Waals surface area contributed by atoms with Crippen LogP contribution in [0.25, 0.3) is 17.4 Å². The molecule has 0 radical (unpaired) electrons. The van der Waals surface area contributed by atoms with Crippen LogP contribution in [0.15, 0.2) is 75.0 Å². The number of likely N-dealkylation sites (N-methyl/N-ethyl adjacent to an activating group) is 1. The molecule has 196 valence electrons. The van der Waals surface area contributed by atoms with E-state index >= 15 is 0 Å². The van der Waals surface area contributed by atoms with Crippen LogP contribution >= 0.6 is 11.8 Å². The van der Waals surface area contributed by atoms with Crippen LogP contribution < -0.4 is 0 Å². The lowest BCUT2D eigenvalue weighted by atomic mass is 10.1. The van der Waals surface area contributed by atoms with Gasteiger partial charge < -0.3 is 13.9 Å².